The summed E-state index contributed by atoms with van der Waals surface area (Å²) < 4.78 is 17.4. The highest BCUT2D eigenvalue weighted by Gasteiger charge is 2.07. The van der Waals surface area contributed by atoms with Gasteiger partial charge in [-0.25, -0.2) is 4.21 Å². The SMILES string of the molecule is Cc1ccc(COS(=O)c2ccccc2)c(C)c1C.N. The lowest BCUT2D eigenvalue weighted by Crippen LogP contribution is -2.01. The first-order chi connectivity index (χ1) is 9.09. The molecule has 2 rings (SSSR count). The topological polar surface area (TPSA) is 61.3 Å². The highest BCUT2D eigenvalue weighted by atomic mass is 32.2. The number of hydrogen-bond acceptors (Lipinski definition) is 3. The maximum Gasteiger partial charge on any atom is 0.189 e. The third kappa shape index (κ3) is 3.76. The summed E-state index contributed by atoms with van der Waals surface area (Å²) in [5.74, 6) is 0. The highest BCUT2D eigenvalue weighted by molar-refractivity contribution is 7.80. The molecule has 0 amide bonds. The predicted octanol–water partition coefficient (Wildman–Crippen LogP) is 4.01. The Labute approximate surface area is 123 Å². The van der Waals surface area contributed by atoms with Crippen LogP contribution in [0.2, 0.25) is 0 Å². The Morgan fingerprint density at radius 2 is 1.60 bits per heavy atom. The minimum Gasteiger partial charge on any atom is -0.344 e. The summed E-state index contributed by atoms with van der Waals surface area (Å²) >= 11 is -1.40. The first-order valence-electron chi connectivity index (χ1n) is 6.25. The smallest absolute Gasteiger partial charge is 0.189 e. The van der Waals surface area contributed by atoms with Crippen molar-refractivity contribution in [2.45, 2.75) is 32.3 Å². The molecule has 20 heavy (non-hydrogen) atoms. The van der Waals surface area contributed by atoms with Crippen molar-refractivity contribution in [2.24, 2.45) is 0 Å². The average molecular weight is 291 g/mol. The Bertz CT molecular complexity index is 597. The standard InChI is InChI=1S/C16H18O2S.H3N/c1-12-9-10-15(14(3)13(12)2)11-18-19(17)16-7-5-4-6-8-16;/h4-10H,11H2,1-3H3;1H3. The third-order valence-electron chi connectivity index (χ3n) is 3.43. The van der Waals surface area contributed by atoms with Crippen LogP contribution in [0.3, 0.4) is 0 Å². The molecule has 1 unspecified atom stereocenters. The lowest BCUT2D eigenvalue weighted by atomic mass is 9.99. The van der Waals surface area contributed by atoms with Crippen molar-refractivity contribution in [3.05, 3.63) is 64.7 Å². The Morgan fingerprint density at radius 3 is 2.25 bits per heavy atom. The van der Waals surface area contributed by atoms with Gasteiger partial charge in [0.25, 0.3) is 0 Å². The molecule has 2 aromatic rings. The van der Waals surface area contributed by atoms with Crippen molar-refractivity contribution >= 4 is 11.1 Å². The first kappa shape index (κ1) is 16.6. The van der Waals surface area contributed by atoms with Crippen LogP contribution in [0.5, 0.6) is 0 Å². The molecule has 0 saturated heterocycles. The van der Waals surface area contributed by atoms with E-state index in [-0.39, 0.29) is 6.15 Å². The monoisotopic (exact) mass is 291 g/mol. The molecular formula is C16H21NO2S. The van der Waals surface area contributed by atoms with Crippen LogP contribution in [0, 0.1) is 20.8 Å². The van der Waals surface area contributed by atoms with E-state index in [1.807, 2.05) is 36.4 Å². The van der Waals surface area contributed by atoms with Crippen LogP contribution in [0.1, 0.15) is 22.3 Å². The van der Waals surface area contributed by atoms with E-state index in [4.69, 9.17) is 4.18 Å². The summed E-state index contributed by atoms with van der Waals surface area (Å²) in [6.45, 7) is 6.64. The molecule has 3 N–H and O–H groups in total. The van der Waals surface area contributed by atoms with Gasteiger partial charge in [-0.3, -0.25) is 4.18 Å². The van der Waals surface area contributed by atoms with E-state index in [1.54, 1.807) is 0 Å². The van der Waals surface area contributed by atoms with Crippen LogP contribution in [0.15, 0.2) is 47.4 Å². The van der Waals surface area contributed by atoms with Gasteiger partial charge in [-0.15, -0.1) is 0 Å². The molecule has 108 valence electrons. The first-order valence-corrected chi connectivity index (χ1v) is 7.33. The molecule has 0 bridgehead atoms. The lowest BCUT2D eigenvalue weighted by Gasteiger charge is -2.11. The van der Waals surface area contributed by atoms with Gasteiger partial charge in [0.1, 0.15) is 0 Å². The van der Waals surface area contributed by atoms with E-state index < -0.39 is 11.1 Å². The Morgan fingerprint density at radius 1 is 0.950 bits per heavy atom. The number of rotatable bonds is 4. The maximum atomic E-state index is 12.0. The molecule has 2 aromatic carbocycles. The minimum absolute atomic E-state index is 0. The molecule has 0 radical (unpaired) electrons. The predicted molar refractivity (Wildman–Crippen MR) is 83.3 cm³/mol. The molecule has 0 aliphatic carbocycles. The van der Waals surface area contributed by atoms with E-state index in [9.17, 15) is 4.21 Å². The number of hydrogen-bond donors (Lipinski definition) is 1. The van der Waals surface area contributed by atoms with Gasteiger partial charge < -0.3 is 6.15 Å². The zero-order chi connectivity index (χ0) is 13.8. The number of aryl methyl sites for hydroxylation is 1. The van der Waals surface area contributed by atoms with E-state index in [1.165, 1.54) is 16.7 Å². The molecule has 4 heteroatoms. The lowest BCUT2D eigenvalue weighted by molar-refractivity contribution is 0.336. The molecule has 0 heterocycles. The van der Waals surface area contributed by atoms with Gasteiger partial charge in [0.2, 0.25) is 0 Å². The van der Waals surface area contributed by atoms with Crippen LogP contribution in [0.4, 0.5) is 0 Å². The normalized spacial score (nSPS) is 11.8. The Kier molecular flexibility index (Phi) is 6.07. The molecule has 0 aliphatic heterocycles. The van der Waals surface area contributed by atoms with Gasteiger partial charge in [-0.1, -0.05) is 30.3 Å². The van der Waals surface area contributed by atoms with E-state index in [0.29, 0.717) is 11.5 Å². The minimum atomic E-state index is -1.40. The fraction of sp³-hybridized carbons (Fsp3) is 0.250. The molecule has 0 aliphatic rings. The Hall–Kier alpha value is -1.49. The van der Waals surface area contributed by atoms with Gasteiger partial charge in [0, 0.05) is 0 Å². The highest BCUT2D eigenvalue weighted by Crippen LogP contribution is 2.19. The van der Waals surface area contributed by atoms with Crippen molar-refractivity contribution in [1.29, 1.82) is 0 Å². The molecular weight excluding hydrogens is 270 g/mol. The summed E-state index contributed by atoms with van der Waals surface area (Å²) in [4.78, 5) is 0.698. The third-order valence-corrected chi connectivity index (χ3v) is 4.42. The fourth-order valence-electron chi connectivity index (χ4n) is 1.89. The van der Waals surface area contributed by atoms with Gasteiger partial charge in [-0.05, 0) is 55.2 Å². The van der Waals surface area contributed by atoms with E-state index >= 15 is 0 Å². The second-order valence-electron chi connectivity index (χ2n) is 4.60. The second kappa shape index (κ2) is 7.33. The van der Waals surface area contributed by atoms with Crippen molar-refractivity contribution in [1.82, 2.24) is 6.15 Å². The summed E-state index contributed by atoms with van der Waals surface area (Å²) in [7, 11) is 0. The molecule has 0 fully saturated rings. The van der Waals surface area contributed by atoms with Crippen LogP contribution >= 0.6 is 0 Å². The molecule has 0 aromatic heterocycles. The number of benzene rings is 2. The van der Waals surface area contributed by atoms with Gasteiger partial charge in [0.05, 0.1) is 11.5 Å². The second-order valence-corrected chi connectivity index (χ2v) is 5.78. The Balaban J connectivity index is 0.00000200. The van der Waals surface area contributed by atoms with Crippen molar-refractivity contribution in [2.75, 3.05) is 0 Å². The van der Waals surface area contributed by atoms with E-state index in [2.05, 4.69) is 26.8 Å². The van der Waals surface area contributed by atoms with Crippen LogP contribution < -0.4 is 6.15 Å². The van der Waals surface area contributed by atoms with Crippen LogP contribution in [-0.4, -0.2) is 4.21 Å². The molecule has 3 nitrogen and oxygen atoms in total. The molecule has 0 saturated carbocycles. The zero-order valence-corrected chi connectivity index (χ0v) is 13.0. The fourth-order valence-corrected chi connectivity index (χ4v) is 2.63. The van der Waals surface area contributed by atoms with Crippen molar-refractivity contribution < 1.29 is 8.39 Å². The summed E-state index contributed by atoms with van der Waals surface area (Å²) in [6, 6.07) is 13.4. The van der Waals surface area contributed by atoms with Crippen molar-refractivity contribution in [3.8, 4) is 0 Å². The van der Waals surface area contributed by atoms with Gasteiger partial charge >= 0.3 is 0 Å². The van der Waals surface area contributed by atoms with Crippen LogP contribution in [-0.2, 0) is 21.9 Å². The van der Waals surface area contributed by atoms with E-state index in [0.717, 1.165) is 5.56 Å². The van der Waals surface area contributed by atoms with Gasteiger partial charge in [0.15, 0.2) is 11.1 Å². The summed E-state index contributed by atoms with van der Waals surface area (Å²) in [6.07, 6.45) is 0. The molecule has 0 spiro atoms. The molecule has 1 atom stereocenters. The summed E-state index contributed by atoms with van der Waals surface area (Å²) in [5.41, 5.74) is 4.84. The average Bonchev–Trinajstić information content (AvgIpc) is 2.45. The van der Waals surface area contributed by atoms with Crippen LogP contribution in [0.25, 0.3) is 0 Å². The van der Waals surface area contributed by atoms with Gasteiger partial charge in [-0.2, -0.15) is 0 Å². The maximum absolute atomic E-state index is 12.0. The largest absolute Gasteiger partial charge is 0.344 e. The zero-order valence-electron chi connectivity index (χ0n) is 12.2. The van der Waals surface area contributed by atoms with Crippen molar-refractivity contribution in [3.63, 3.8) is 0 Å². The summed E-state index contributed by atoms with van der Waals surface area (Å²) in [5, 5.41) is 0. The quantitative estimate of drug-likeness (QED) is 0.925.